The minimum Gasteiger partial charge on any atom is -0.466 e. The molecule has 8 heteroatoms. The Hall–Kier alpha value is -3.65. The second kappa shape index (κ2) is 9.23. The number of carbonyl (C=O) groups excluding carboxylic acids is 3. The highest BCUT2D eigenvalue weighted by atomic mass is 16.5. The van der Waals surface area contributed by atoms with Gasteiger partial charge in [0.25, 0.3) is 5.91 Å². The van der Waals surface area contributed by atoms with E-state index < -0.39 is 11.9 Å². The number of nitrogens with one attached hydrogen (secondary N) is 1. The molecule has 1 aliphatic rings. The van der Waals surface area contributed by atoms with Crippen molar-refractivity contribution >= 4 is 29.2 Å². The second-order valence-corrected chi connectivity index (χ2v) is 6.54. The minimum atomic E-state index is -0.687. The van der Waals surface area contributed by atoms with Gasteiger partial charge in [0.05, 0.1) is 26.4 Å². The lowest BCUT2D eigenvalue weighted by Crippen LogP contribution is -2.38. The third-order valence-electron chi connectivity index (χ3n) is 4.64. The third-order valence-corrected chi connectivity index (χ3v) is 4.64. The zero-order valence-corrected chi connectivity index (χ0v) is 16.9. The van der Waals surface area contributed by atoms with Gasteiger partial charge in [-0.25, -0.2) is 9.59 Å². The molecule has 0 aromatic heterocycles. The molecule has 2 aromatic rings. The molecule has 0 atom stereocenters. The summed E-state index contributed by atoms with van der Waals surface area (Å²) in [6, 6.07) is 14.1. The van der Waals surface area contributed by atoms with E-state index in [0.29, 0.717) is 16.9 Å². The van der Waals surface area contributed by atoms with Crippen LogP contribution in [0.25, 0.3) is 0 Å². The Morgan fingerprint density at radius 2 is 1.73 bits per heavy atom. The van der Waals surface area contributed by atoms with Crippen molar-refractivity contribution in [3.8, 4) is 0 Å². The van der Waals surface area contributed by atoms with Crippen LogP contribution in [-0.2, 0) is 23.8 Å². The van der Waals surface area contributed by atoms with E-state index in [1.807, 2.05) is 19.1 Å². The lowest BCUT2D eigenvalue weighted by Gasteiger charge is -2.31. The number of ether oxygens (including phenoxy) is 3. The quantitative estimate of drug-likeness (QED) is 0.758. The molecule has 0 radical (unpaired) electrons. The molecule has 0 saturated heterocycles. The predicted molar refractivity (Wildman–Crippen MR) is 110 cm³/mol. The van der Waals surface area contributed by atoms with Gasteiger partial charge in [-0.05, 0) is 36.8 Å². The Labute approximate surface area is 174 Å². The van der Waals surface area contributed by atoms with Crippen LogP contribution >= 0.6 is 0 Å². The van der Waals surface area contributed by atoms with Crippen LogP contribution in [0.15, 0.2) is 59.8 Å². The highest BCUT2D eigenvalue weighted by molar-refractivity contribution is 6.06. The van der Waals surface area contributed by atoms with E-state index in [1.54, 1.807) is 36.4 Å². The summed E-state index contributed by atoms with van der Waals surface area (Å²) in [5.41, 5.74) is 2.58. The first-order chi connectivity index (χ1) is 14.5. The largest absolute Gasteiger partial charge is 0.466 e. The zero-order chi connectivity index (χ0) is 21.7. The van der Waals surface area contributed by atoms with Crippen LogP contribution in [0.2, 0.25) is 0 Å². The molecule has 1 heterocycles. The average molecular weight is 410 g/mol. The van der Waals surface area contributed by atoms with E-state index in [0.717, 1.165) is 5.56 Å². The van der Waals surface area contributed by atoms with Crippen molar-refractivity contribution in [3.63, 3.8) is 0 Å². The highest BCUT2D eigenvalue weighted by Gasteiger charge is 2.32. The van der Waals surface area contributed by atoms with Gasteiger partial charge in [0.15, 0.2) is 0 Å². The molecule has 30 heavy (non-hydrogen) atoms. The summed E-state index contributed by atoms with van der Waals surface area (Å²) in [5.74, 6) is -1.61. The molecule has 0 aliphatic carbocycles. The number of hydrogen-bond acceptors (Lipinski definition) is 7. The van der Waals surface area contributed by atoms with Gasteiger partial charge in [-0.3, -0.25) is 4.79 Å². The van der Waals surface area contributed by atoms with E-state index in [2.05, 4.69) is 5.32 Å². The summed E-state index contributed by atoms with van der Waals surface area (Å²) in [7, 11) is 2.46. The lowest BCUT2D eigenvalue weighted by molar-refractivity contribution is -0.140. The summed E-state index contributed by atoms with van der Waals surface area (Å²) in [4.78, 5) is 38.7. The number of nitrogens with zero attached hydrogens (tertiary/aromatic N) is 1. The highest BCUT2D eigenvalue weighted by Crippen LogP contribution is 2.28. The number of rotatable bonds is 5. The molecule has 0 spiro atoms. The zero-order valence-electron chi connectivity index (χ0n) is 16.9. The smallest absolute Gasteiger partial charge is 0.355 e. The van der Waals surface area contributed by atoms with Gasteiger partial charge < -0.3 is 24.4 Å². The average Bonchev–Trinajstić information content (AvgIpc) is 2.77. The summed E-state index contributed by atoms with van der Waals surface area (Å²) in [5, 5.41) is 2.85. The Kier molecular flexibility index (Phi) is 6.48. The Balaban J connectivity index is 1.94. The maximum atomic E-state index is 12.6. The van der Waals surface area contributed by atoms with E-state index in [4.69, 9.17) is 14.2 Å². The number of aryl methyl sites for hydroxylation is 1. The molecule has 1 aliphatic heterocycles. The van der Waals surface area contributed by atoms with E-state index in [1.165, 1.54) is 19.1 Å². The van der Waals surface area contributed by atoms with E-state index in [-0.39, 0.29) is 30.5 Å². The van der Waals surface area contributed by atoms with Crippen LogP contribution in [0.1, 0.15) is 15.9 Å². The normalized spacial score (nSPS) is 13.6. The SMILES string of the molecule is COC(=O)C1=C(C(=O)OC)N(c2cccc(NC(=O)c3ccccc3C)c2)COC1. The number of carbonyl (C=O) groups is 3. The third kappa shape index (κ3) is 4.33. The van der Waals surface area contributed by atoms with Crippen molar-refractivity contribution in [2.24, 2.45) is 0 Å². The van der Waals surface area contributed by atoms with Crippen molar-refractivity contribution in [3.05, 3.63) is 70.9 Å². The fourth-order valence-electron chi connectivity index (χ4n) is 3.12. The monoisotopic (exact) mass is 410 g/mol. The molecule has 1 N–H and O–H groups in total. The Morgan fingerprint density at radius 3 is 2.43 bits per heavy atom. The first kappa shape index (κ1) is 21.1. The first-order valence-electron chi connectivity index (χ1n) is 9.18. The maximum absolute atomic E-state index is 12.6. The molecule has 8 nitrogen and oxygen atoms in total. The van der Waals surface area contributed by atoms with Crippen LogP contribution in [0.4, 0.5) is 11.4 Å². The number of methoxy groups -OCH3 is 2. The van der Waals surface area contributed by atoms with Crippen LogP contribution in [0, 0.1) is 6.92 Å². The van der Waals surface area contributed by atoms with Gasteiger partial charge in [-0.2, -0.15) is 0 Å². The van der Waals surface area contributed by atoms with Gasteiger partial charge in [0, 0.05) is 16.9 Å². The molecule has 2 aromatic carbocycles. The Morgan fingerprint density at radius 1 is 1.00 bits per heavy atom. The Bertz CT molecular complexity index is 1010. The first-order valence-corrected chi connectivity index (χ1v) is 9.18. The van der Waals surface area contributed by atoms with E-state index >= 15 is 0 Å². The molecule has 0 saturated carbocycles. The molecule has 0 fully saturated rings. The molecule has 156 valence electrons. The van der Waals surface area contributed by atoms with Crippen molar-refractivity contribution in [1.29, 1.82) is 0 Å². The van der Waals surface area contributed by atoms with Gasteiger partial charge in [0.2, 0.25) is 0 Å². The second-order valence-electron chi connectivity index (χ2n) is 6.54. The van der Waals surface area contributed by atoms with Crippen molar-refractivity contribution in [2.75, 3.05) is 37.8 Å². The minimum absolute atomic E-state index is 0.0279. The molecule has 3 rings (SSSR count). The standard InChI is InChI=1S/C22H22N2O6/c1-14-7-4-5-10-17(14)20(25)23-15-8-6-9-16(11-15)24-13-30-12-18(21(26)28-2)19(24)22(27)29-3/h4-11H,12-13H2,1-3H3,(H,23,25). The van der Waals surface area contributed by atoms with Crippen LogP contribution in [-0.4, -0.2) is 45.4 Å². The summed E-state index contributed by atoms with van der Waals surface area (Å²) >= 11 is 0. The van der Waals surface area contributed by atoms with Gasteiger partial charge in [0.1, 0.15) is 12.4 Å². The van der Waals surface area contributed by atoms with Crippen LogP contribution in [0.5, 0.6) is 0 Å². The molecular formula is C22H22N2O6. The summed E-state index contributed by atoms with van der Waals surface area (Å²) in [6.07, 6.45) is 0. The fraction of sp³-hybridized carbons (Fsp3) is 0.227. The maximum Gasteiger partial charge on any atom is 0.355 e. The van der Waals surface area contributed by atoms with Crippen LogP contribution < -0.4 is 10.2 Å². The topological polar surface area (TPSA) is 94.2 Å². The number of esters is 2. The van der Waals surface area contributed by atoms with Gasteiger partial charge in [-0.15, -0.1) is 0 Å². The van der Waals surface area contributed by atoms with Crippen LogP contribution in [0.3, 0.4) is 0 Å². The number of benzene rings is 2. The van der Waals surface area contributed by atoms with Gasteiger partial charge >= 0.3 is 11.9 Å². The van der Waals surface area contributed by atoms with E-state index in [9.17, 15) is 14.4 Å². The summed E-state index contributed by atoms with van der Waals surface area (Å²) < 4.78 is 15.1. The molecule has 1 amide bonds. The fourth-order valence-corrected chi connectivity index (χ4v) is 3.12. The predicted octanol–water partition coefficient (Wildman–Crippen LogP) is 2.64. The lowest BCUT2D eigenvalue weighted by atomic mass is 10.1. The molecular weight excluding hydrogens is 388 g/mol. The number of hydrogen-bond donors (Lipinski definition) is 1. The van der Waals surface area contributed by atoms with Crippen molar-refractivity contribution in [2.45, 2.75) is 6.92 Å². The van der Waals surface area contributed by atoms with Crippen molar-refractivity contribution < 1.29 is 28.6 Å². The van der Waals surface area contributed by atoms with Crippen molar-refractivity contribution in [1.82, 2.24) is 0 Å². The molecule has 0 bridgehead atoms. The van der Waals surface area contributed by atoms with Gasteiger partial charge in [-0.1, -0.05) is 24.3 Å². The molecule has 0 unspecified atom stereocenters. The number of amides is 1. The number of anilines is 2. The summed E-state index contributed by atoms with van der Waals surface area (Å²) in [6.45, 7) is 1.82.